The van der Waals surface area contributed by atoms with Gasteiger partial charge in [-0.3, -0.25) is 4.79 Å². The molecular weight excluding hydrogens is 333 g/mol. The van der Waals surface area contributed by atoms with Gasteiger partial charge >= 0.3 is 0 Å². The number of carbonyl (C=O) groups is 1. The molecule has 120 valence electrons. The smallest absolute Gasteiger partial charge is 0.247 e. The van der Waals surface area contributed by atoms with Crippen LogP contribution < -0.4 is 0 Å². The van der Waals surface area contributed by atoms with Crippen molar-refractivity contribution in [3.8, 4) is 0 Å². The van der Waals surface area contributed by atoms with Crippen molar-refractivity contribution in [3.63, 3.8) is 0 Å². The average Bonchev–Trinajstić information content (AvgIpc) is 3.20. The number of hydrogen-bond acceptors (Lipinski definition) is 2. The van der Waals surface area contributed by atoms with Gasteiger partial charge in [0.25, 0.3) is 0 Å². The molecular formula is C18H17Cl2NO2. The Morgan fingerprint density at radius 3 is 2.70 bits per heavy atom. The van der Waals surface area contributed by atoms with Crippen LogP contribution in [0.3, 0.4) is 0 Å². The van der Waals surface area contributed by atoms with Crippen molar-refractivity contribution in [1.82, 2.24) is 4.90 Å². The van der Waals surface area contributed by atoms with E-state index in [9.17, 15) is 4.79 Å². The molecule has 1 amide bonds. The molecule has 23 heavy (non-hydrogen) atoms. The molecule has 1 heterocycles. The highest BCUT2D eigenvalue weighted by Crippen LogP contribution is 2.34. The second-order valence-corrected chi connectivity index (χ2v) is 6.49. The number of nitrogens with zero attached hydrogens (tertiary/aromatic N) is 1. The van der Waals surface area contributed by atoms with E-state index in [1.54, 1.807) is 30.5 Å². The van der Waals surface area contributed by atoms with Crippen LogP contribution >= 0.6 is 23.2 Å². The summed E-state index contributed by atoms with van der Waals surface area (Å²) < 4.78 is 5.45. The van der Waals surface area contributed by atoms with Crippen molar-refractivity contribution >= 4 is 35.2 Å². The van der Waals surface area contributed by atoms with E-state index < -0.39 is 0 Å². The number of carbonyl (C=O) groups excluding carboxylic acids is 1. The predicted octanol–water partition coefficient (Wildman–Crippen LogP) is 5.35. The molecule has 1 unspecified atom stereocenters. The van der Waals surface area contributed by atoms with Gasteiger partial charge < -0.3 is 9.32 Å². The lowest BCUT2D eigenvalue weighted by atomic mass is 10.1. The van der Waals surface area contributed by atoms with Crippen LogP contribution in [0.25, 0.3) is 6.08 Å². The van der Waals surface area contributed by atoms with Crippen LogP contribution in [0, 0.1) is 0 Å². The molecule has 0 N–H and O–H groups in total. The summed E-state index contributed by atoms with van der Waals surface area (Å²) in [6, 6.07) is 9.24. The Bertz CT molecular complexity index is 721. The monoisotopic (exact) mass is 349 g/mol. The summed E-state index contributed by atoms with van der Waals surface area (Å²) in [5.74, 6) is 0.774. The van der Waals surface area contributed by atoms with E-state index in [0.29, 0.717) is 16.1 Å². The number of rotatable bonds is 5. The van der Waals surface area contributed by atoms with E-state index in [0.717, 1.165) is 24.2 Å². The topological polar surface area (TPSA) is 33.5 Å². The van der Waals surface area contributed by atoms with Gasteiger partial charge in [-0.1, -0.05) is 29.3 Å². The lowest BCUT2D eigenvalue weighted by molar-refractivity contribution is -0.129. The zero-order chi connectivity index (χ0) is 16.4. The largest absolute Gasteiger partial charge is 0.467 e. The average molecular weight is 350 g/mol. The molecule has 1 aliphatic carbocycles. The van der Waals surface area contributed by atoms with Crippen LogP contribution in [-0.2, 0) is 4.79 Å². The summed E-state index contributed by atoms with van der Waals surface area (Å²) in [5, 5.41) is 0.977. The van der Waals surface area contributed by atoms with E-state index >= 15 is 0 Å². The quantitative estimate of drug-likeness (QED) is 0.681. The van der Waals surface area contributed by atoms with Crippen LogP contribution in [0.2, 0.25) is 10.0 Å². The van der Waals surface area contributed by atoms with Crippen LogP contribution in [-0.4, -0.2) is 16.8 Å². The van der Waals surface area contributed by atoms with Crippen molar-refractivity contribution < 1.29 is 9.21 Å². The third-order valence-electron chi connectivity index (χ3n) is 3.93. The molecule has 1 saturated carbocycles. The van der Waals surface area contributed by atoms with Gasteiger partial charge in [0, 0.05) is 12.1 Å². The van der Waals surface area contributed by atoms with E-state index in [2.05, 4.69) is 0 Å². The Hall–Kier alpha value is -1.71. The Balaban J connectivity index is 1.76. The zero-order valence-electron chi connectivity index (χ0n) is 12.7. The summed E-state index contributed by atoms with van der Waals surface area (Å²) in [6.07, 6.45) is 7.05. The minimum absolute atomic E-state index is 0.0255. The summed E-state index contributed by atoms with van der Waals surface area (Å²) in [6.45, 7) is 1.99. The maximum absolute atomic E-state index is 12.6. The van der Waals surface area contributed by atoms with E-state index in [1.165, 1.54) is 0 Å². The fraction of sp³-hybridized carbons (Fsp3) is 0.278. The molecule has 0 saturated heterocycles. The minimum atomic E-state index is -0.0801. The highest BCUT2D eigenvalue weighted by Gasteiger charge is 2.36. The summed E-state index contributed by atoms with van der Waals surface area (Å²) in [4.78, 5) is 14.5. The molecule has 1 aliphatic rings. The van der Waals surface area contributed by atoms with E-state index in [4.69, 9.17) is 27.6 Å². The molecule has 5 heteroatoms. The molecule has 3 nitrogen and oxygen atoms in total. The van der Waals surface area contributed by atoms with Gasteiger partial charge in [0.05, 0.1) is 22.4 Å². The standard InChI is InChI=1S/C18H17Cl2NO2/c1-12(17-3-2-10-23-17)21(14-6-7-14)18(22)9-5-13-4-8-15(19)16(20)11-13/h2-5,8-12,14H,6-7H2,1H3/b9-5+. The fourth-order valence-corrected chi connectivity index (χ4v) is 2.88. The summed E-state index contributed by atoms with van der Waals surface area (Å²) in [7, 11) is 0. The highest BCUT2D eigenvalue weighted by atomic mass is 35.5. The normalized spacial score (nSPS) is 15.8. The van der Waals surface area contributed by atoms with Gasteiger partial charge in [-0.25, -0.2) is 0 Å². The van der Waals surface area contributed by atoms with E-state index in [1.807, 2.05) is 30.0 Å². The Kier molecular flexibility index (Phi) is 4.79. The number of hydrogen-bond donors (Lipinski definition) is 0. The first kappa shape index (κ1) is 16.2. The van der Waals surface area contributed by atoms with Crippen LogP contribution in [0.5, 0.6) is 0 Å². The molecule has 1 aromatic heterocycles. The molecule has 1 atom stereocenters. The second kappa shape index (κ2) is 6.81. The zero-order valence-corrected chi connectivity index (χ0v) is 14.2. The SMILES string of the molecule is CC(c1ccco1)N(C(=O)/C=C/c1ccc(Cl)c(Cl)c1)C1CC1. The lowest BCUT2D eigenvalue weighted by Gasteiger charge is -2.26. The highest BCUT2D eigenvalue weighted by molar-refractivity contribution is 6.42. The number of halogens is 2. The summed E-state index contributed by atoms with van der Waals surface area (Å²) in [5.41, 5.74) is 0.842. The molecule has 0 spiro atoms. The van der Waals surface area contributed by atoms with E-state index in [-0.39, 0.29) is 11.9 Å². The Morgan fingerprint density at radius 1 is 1.30 bits per heavy atom. The first-order valence-electron chi connectivity index (χ1n) is 7.55. The fourth-order valence-electron chi connectivity index (χ4n) is 2.58. The molecule has 2 aromatic rings. The van der Waals surface area contributed by atoms with Crippen LogP contribution in [0.4, 0.5) is 0 Å². The maximum Gasteiger partial charge on any atom is 0.247 e. The number of furan rings is 1. The van der Waals surface area contributed by atoms with Crippen molar-refractivity contribution in [2.45, 2.75) is 31.8 Å². The van der Waals surface area contributed by atoms with Crippen LogP contribution in [0.15, 0.2) is 47.1 Å². The first-order chi connectivity index (χ1) is 11.1. The van der Waals surface area contributed by atoms with Gasteiger partial charge in [0.15, 0.2) is 0 Å². The predicted molar refractivity (Wildman–Crippen MR) is 92.5 cm³/mol. The Labute approximate surface area is 145 Å². The molecule has 1 fully saturated rings. The molecule has 0 aliphatic heterocycles. The first-order valence-corrected chi connectivity index (χ1v) is 8.30. The van der Waals surface area contributed by atoms with Crippen molar-refractivity contribution in [2.24, 2.45) is 0 Å². The van der Waals surface area contributed by atoms with Crippen LogP contribution in [0.1, 0.15) is 37.1 Å². The van der Waals surface area contributed by atoms with Gasteiger partial charge in [-0.05, 0) is 55.7 Å². The second-order valence-electron chi connectivity index (χ2n) is 5.67. The van der Waals surface area contributed by atoms with Gasteiger partial charge in [0.1, 0.15) is 5.76 Å². The van der Waals surface area contributed by atoms with Gasteiger partial charge in [-0.15, -0.1) is 0 Å². The third-order valence-corrected chi connectivity index (χ3v) is 4.67. The lowest BCUT2D eigenvalue weighted by Crippen LogP contribution is -2.34. The van der Waals surface area contributed by atoms with Gasteiger partial charge in [0.2, 0.25) is 5.91 Å². The maximum atomic E-state index is 12.6. The summed E-state index contributed by atoms with van der Waals surface area (Å²) >= 11 is 11.9. The van der Waals surface area contributed by atoms with Gasteiger partial charge in [-0.2, -0.15) is 0 Å². The molecule has 0 bridgehead atoms. The Morgan fingerprint density at radius 2 is 2.09 bits per heavy atom. The minimum Gasteiger partial charge on any atom is -0.467 e. The van der Waals surface area contributed by atoms with Crippen molar-refractivity contribution in [1.29, 1.82) is 0 Å². The number of benzene rings is 1. The molecule has 3 rings (SSSR count). The molecule has 1 aromatic carbocycles. The van der Waals surface area contributed by atoms with Crippen molar-refractivity contribution in [3.05, 3.63) is 64.0 Å². The third kappa shape index (κ3) is 3.80. The van der Waals surface area contributed by atoms with Crippen molar-refractivity contribution in [2.75, 3.05) is 0 Å². The molecule has 0 radical (unpaired) electrons. The number of amides is 1.